The van der Waals surface area contributed by atoms with Crippen molar-refractivity contribution in [1.82, 2.24) is 9.97 Å². The summed E-state index contributed by atoms with van der Waals surface area (Å²) < 4.78 is 25.2. The zero-order valence-electron chi connectivity index (χ0n) is 21.5. The average molecular weight is 533 g/mol. The van der Waals surface area contributed by atoms with E-state index < -0.39 is 5.82 Å². The fourth-order valence-electron chi connectivity index (χ4n) is 4.67. The number of benzene rings is 2. The van der Waals surface area contributed by atoms with Gasteiger partial charge in [-0.15, -0.1) is 0 Å². The van der Waals surface area contributed by atoms with Gasteiger partial charge >= 0.3 is 0 Å². The molecule has 0 radical (unpaired) electrons. The number of carbonyl (C=O) groups is 2. The summed E-state index contributed by atoms with van der Waals surface area (Å²) in [7, 11) is 1.53. The molecule has 0 unspecified atom stereocenters. The van der Waals surface area contributed by atoms with E-state index in [4.69, 9.17) is 21.1 Å². The average Bonchev–Trinajstić information content (AvgIpc) is 3.22. The van der Waals surface area contributed by atoms with Crippen molar-refractivity contribution < 1.29 is 23.5 Å². The minimum Gasteiger partial charge on any atom is -0.494 e. The second kappa shape index (κ2) is 9.80. The number of Topliss-reactive ketones (excluding diaryl/α,β-unsaturated/α-hetero) is 2. The second-order valence-corrected chi connectivity index (χ2v) is 10.5. The number of pyridine rings is 2. The molecule has 0 atom stereocenters. The Hall–Kier alpha value is -3.84. The van der Waals surface area contributed by atoms with Gasteiger partial charge in [0.1, 0.15) is 34.2 Å². The van der Waals surface area contributed by atoms with Crippen LogP contribution in [0.2, 0.25) is 5.02 Å². The van der Waals surface area contributed by atoms with Gasteiger partial charge in [-0.2, -0.15) is 0 Å². The van der Waals surface area contributed by atoms with Crippen LogP contribution in [0.25, 0.3) is 22.2 Å². The first kappa shape index (κ1) is 25.8. The van der Waals surface area contributed by atoms with Crippen LogP contribution in [-0.2, 0) is 5.41 Å². The van der Waals surface area contributed by atoms with Crippen molar-refractivity contribution in [2.45, 2.75) is 39.0 Å². The van der Waals surface area contributed by atoms with E-state index in [-0.39, 0.29) is 40.5 Å². The molecule has 2 aromatic heterocycles. The summed E-state index contributed by atoms with van der Waals surface area (Å²) >= 11 is 6.02. The van der Waals surface area contributed by atoms with Crippen LogP contribution in [0.15, 0.2) is 48.7 Å². The molecule has 0 saturated carbocycles. The summed E-state index contributed by atoms with van der Waals surface area (Å²) in [5.74, 6) is 0.0555. The van der Waals surface area contributed by atoms with Crippen LogP contribution in [0, 0.1) is 12.7 Å². The zero-order chi connectivity index (χ0) is 27.2. The molecule has 38 heavy (non-hydrogen) atoms. The Balaban J connectivity index is 1.45. The Morgan fingerprint density at radius 3 is 2.61 bits per heavy atom. The van der Waals surface area contributed by atoms with E-state index in [9.17, 15) is 14.0 Å². The molecule has 3 heterocycles. The molecule has 5 rings (SSSR count). The van der Waals surface area contributed by atoms with Crippen molar-refractivity contribution in [3.8, 4) is 22.8 Å². The highest BCUT2D eigenvalue weighted by molar-refractivity contribution is 6.31. The quantitative estimate of drug-likeness (QED) is 0.240. The van der Waals surface area contributed by atoms with Gasteiger partial charge in [-0.1, -0.05) is 25.4 Å². The predicted molar refractivity (Wildman–Crippen MR) is 144 cm³/mol. The molecule has 194 valence electrons. The summed E-state index contributed by atoms with van der Waals surface area (Å²) in [6.45, 7) is 6.39. The number of aryl methyl sites for hydroxylation is 1. The van der Waals surface area contributed by atoms with Crippen LogP contribution >= 0.6 is 11.6 Å². The van der Waals surface area contributed by atoms with Gasteiger partial charge in [-0.3, -0.25) is 14.6 Å². The van der Waals surface area contributed by atoms with Gasteiger partial charge in [0.15, 0.2) is 11.6 Å². The SMILES string of the molecule is COc1cc(C(=O)CCC(=O)c2cc3c(c(-c4ccc(F)c(Cl)c4)n2)OCC3(C)C)cc2c(C)ccnc12. The Bertz CT molecular complexity index is 1620. The number of halogens is 2. The van der Waals surface area contributed by atoms with Crippen LogP contribution < -0.4 is 9.47 Å². The van der Waals surface area contributed by atoms with Crippen LogP contribution in [0.1, 0.15) is 58.7 Å². The van der Waals surface area contributed by atoms with E-state index in [0.29, 0.717) is 40.4 Å². The second-order valence-electron chi connectivity index (χ2n) is 10.1. The highest BCUT2D eigenvalue weighted by Gasteiger charge is 2.36. The molecule has 0 N–H and O–H groups in total. The van der Waals surface area contributed by atoms with E-state index in [0.717, 1.165) is 16.5 Å². The molecule has 4 aromatic rings. The van der Waals surface area contributed by atoms with Crippen molar-refractivity contribution in [3.05, 3.63) is 81.9 Å². The van der Waals surface area contributed by atoms with E-state index in [1.807, 2.05) is 26.8 Å². The monoisotopic (exact) mass is 532 g/mol. The number of rotatable bonds is 7. The molecule has 2 aromatic carbocycles. The van der Waals surface area contributed by atoms with Gasteiger partial charge in [-0.25, -0.2) is 9.37 Å². The molecular weight excluding hydrogens is 507 g/mol. The van der Waals surface area contributed by atoms with Crippen LogP contribution in [0.5, 0.6) is 11.5 Å². The third kappa shape index (κ3) is 4.63. The molecule has 1 aliphatic rings. The fraction of sp³-hybridized carbons (Fsp3) is 0.267. The summed E-state index contributed by atoms with van der Waals surface area (Å²) in [6, 6.07) is 11.3. The lowest BCUT2D eigenvalue weighted by molar-refractivity contribution is 0.0915. The van der Waals surface area contributed by atoms with E-state index in [2.05, 4.69) is 9.97 Å². The molecule has 0 spiro atoms. The molecule has 0 fully saturated rings. The molecule has 0 amide bonds. The van der Waals surface area contributed by atoms with Gasteiger partial charge in [0.25, 0.3) is 0 Å². The van der Waals surface area contributed by atoms with Gasteiger partial charge in [0, 0.05) is 46.5 Å². The van der Waals surface area contributed by atoms with Crippen molar-refractivity contribution in [2.24, 2.45) is 0 Å². The lowest BCUT2D eigenvalue weighted by Gasteiger charge is -2.16. The molecule has 0 saturated heterocycles. The number of fused-ring (bicyclic) bond motifs is 2. The number of nitrogens with zero attached hydrogens (tertiary/aromatic N) is 2. The molecule has 1 aliphatic heterocycles. The lowest BCUT2D eigenvalue weighted by atomic mass is 9.85. The summed E-state index contributed by atoms with van der Waals surface area (Å²) in [4.78, 5) is 35.4. The number of aromatic nitrogens is 2. The van der Waals surface area contributed by atoms with Crippen molar-refractivity contribution in [1.29, 1.82) is 0 Å². The van der Waals surface area contributed by atoms with Gasteiger partial charge in [0.05, 0.1) is 18.7 Å². The highest BCUT2D eigenvalue weighted by Crippen LogP contribution is 2.44. The Labute approximate surface area is 224 Å². The Morgan fingerprint density at radius 2 is 1.87 bits per heavy atom. The Kier molecular flexibility index (Phi) is 6.65. The van der Waals surface area contributed by atoms with Gasteiger partial charge < -0.3 is 9.47 Å². The normalized spacial score (nSPS) is 13.7. The van der Waals surface area contributed by atoms with E-state index in [1.54, 1.807) is 30.5 Å². The van der Waals surface area contributed by atoms with E-state index >= 15 is 0 Å². The first-order valence-electron chi connectivity index (χ1n) is 12.2. The minimum absolute atomic E-state index is 0.00315. The maximum atomic E-state index is 13.8. The maximum absolute atomic E-state index is 13.8. The number of ketones is 2. The third-order valence-corrected chi connectivity index (χ3v) is 7.20. The fourth-order valence-corrected chi connectivity index (χ4v) is 4.85. The van der Waals surface area contributed by atoms with Gasteiger partial charge in [-0.05, 0) is 55.0 Å². The minimum atomic E-state index is -0.546. The zero-order valence-corrected chi connectivity index (χ0v) is 22.3. The lowest BCUT2D eigenvalue weighted by Crippen LogP contribution is -2.19. The van der Waals surface area contributed by atoms with Crippen LogP contribution in [0.3, 0.4) is 0 Å². The summed E-state index contributed by atoms with van der Waals surface area (Å²) in [6.07, 6.45) is 1.68. The van der Waals surface area contributed by atoms with Crippen molar-refractivity contribution in [3.63, 3.8) is 0 Å². The largest absolute Gasteiger partial charge is 0.494 e. The predicted octanol–water partition coefficient (Wildman–Crippen LogP) is 6.92. The number of hydrogen-bond acceptors (Lipinski definition) is 6. The first-order valence-corrected chi connectivity index (χ1v) is 12.6. The summed E-state index contributed by atoms with van der Waals surface area (Å²) in [5.41, 5.74) is 3.78. The molecule has 0 aliphatic carbocycles. The molecule has 6 nitrogen and oxygen atoms in total. The molecule has 8 heteroatoms. The number of carbonyl (C=O) groups excluding carboxylic acids is 2. The number of hydrogen-bond donors (Lipinski definition) is 0. The standard InChI is InChI=1S/C30H26ClFN2O4/c1-16-9-10-33-28-19(16)11-18(13-26(28)37-4)24(35)7-8-25(36)23-14-20-29(38-15-30(20,2)3)27(34-23)17-5-6-22(32)21(31)12-17/h5-6,9-14H,7-8,15H2,1-4H3. The highest BCUT2D eigenvalue weighted by atomic mass is 35.5. The first-order chi connectivity index (χ1) is 18.1. The van der Waals surface area contributed by atoms with Crippen molar-refractivity contribution in [2.75, 3.05) is 13.7 Å². The summed E-state index contributed by atoms with van der Waals surface area (Å²) in [5, 5.41) is 0.778. The molecular formula is C30H26ClFN2O4. The van der Waals surface area contributed by atoms with Crippen LogP contribution in [-0.4, -0.2) is 35.3 Å². The van der Waals surface area contributed by atoms with Crippen LogP contribution in [0.4, 0.5) is 4.39 Å². The Morgan fingerprint density at radius 1 is 1.11 bits per heavy atom. The van der Waals surface area contributed by atoms with E-state index in [1.165, 1.54) is 19.2 Å². The smallest absolute Gasteiger partial charge is 0.181 e. The third-order valence-electron chi connectivity index (χ3n) is 6.91. The number of ether oxygens (including phenoxy) is 2. The van der Waals surface area contributed by atoms with Gasteiger partial charge in [0.2, 0.25) is 0 Å². The molecule has 0 bridgehead atoms. The maximum Gasteiger partial charge on any atom is 0.181 e. The topological polar surface area (TPSA) is 78.4 Å². The number of methoxy groups -OCH3 is 1. The van der Waals surface area contributed by atoms with Crippen molar-refractivity contribution >= 4 is 34.1 Å².